The molecule has 2 aromatic carbocycles. The van der Waals surface area contributed by atoms with Crippen molar-refractivity contribution in [1.82, 2.24) is 5.32 Å². The lowest BCUT2D eigenvalue weighted by molar-refractivity contribution is -0.134. The summed E-state index contributed by atoms with van der Waals surface area (Å²) in [5.41, 5.74) is 2.80. The molecule has 1 aliphatic rings. The van der Waals surface area contributed by atoms with Crippen LogP contribution in [0.25, 0.3) is 0 Å². The van der Waals surface area contributed by atoms with Gasteiger partial charge in [-0.25, -0.2) is 9.59 Å². The van der Waals surface area contributed by atoms with Gasteiger partial charge in [-0.1, -0.05) is 44.2 Å². The fraction of sp³-hybridized carbons (Fsp3) is 0.227. The molecule has 0 aromatic heterocycles. The topological polar surface area (TPSA) is 116 Å². The molecule has 0 bridgehead atoms. The Hall–Kier alpha value is -3.26. The molecular formula is C22H24N2O5S. The molecule has 1 amide bonds. The van der Waals surface area contributed by atoms with Gasteiger partial charge in [0, 0.05) is 34.1 Å². The average molecular weight is 429 g/mol. The first kappa shape index (κ1) is 23.0. The van der Waals surface area contributed by atoms with Gasteiger partial charge in [0.05, 0.1) is 11.4 Å². The Morgan fingerprint density at radius 2 is 1.67 bits per heavy atom. The number of carbonyl (C=O) groups excluding carboxylic acids is 1. The second-order valence-corrected chi connectivity index (χ2v) is 7.75. The van der Waals surface area contributed by atoms with Gasteiger partial charge in [-0.3, -0.25) is 4.79 Å². The normalized spacial score (nSPS) is 12.5. The minimum absolute atomic E-state index is 0.00578. The molecule has 0 saturated carbocycles. The molecule has 0 radical (unpaired) electrons. The van der Waals surface area contributed by atoms with Crippen molar-refractivity contribution in [2.45, 2.75) is 30.1 Å². The van der Waals surface area contributed by atoms with Crippen molar-refractivity contribution in [3.63, 3.8) is 0 Å². The summed E-state index contributed by atoms with van der Waals surface area (Å²) in [6, 6.07) is 14.1. The molecule has 7 nitrogen and oxygen atoms in total. The monoisotopic (exact) mass is 428 g/mol. The molecule has 1 atom stereocenters. The van der Waals surface area contributed by atoms with E-state index in [0.29, 0.717) is 23.6 Å². The number of hydrogen-bond acceptors (Lipinski definition) is 5. The number of aliphatic carboxylic acids is 2. The molecule has 1 unspecified atom stereocenters. The third kappa shape index (κ3) is 6.97. The third-order valence-corrected chi connectivity index (χ3v) is 5.45. The Balaban J connectivity index is 0.000000343. The largest absolute Gasteiger partial charge is 0.478 e. The van der Waals surface area contributed by atoms with Crippen molar-refractivity contribution in [3.8, 4) is 0 Å². The lowest BCUT2D eigenvalue weighted by atomic mass is 10.1. The number of para-hydroxylation sites is 1. The van der Waals surface area contributed by atoms with Crippen LogP contribution < -0.4 is 10.6 Å². The first-order chi connectivity index (χ1) is 14.3. The van der Waals surface area contributed by atoms with E-state index in [0.717, 1.165) is 29.2 Å². The second kappa shape index (κ2) is 11.1. The van der Waals surface area contributed by atoms with Crippen LogP contribution in [0.1, 0.15) is 30.6 Å². The first-order valence-electron chi connectivity index (χ1n) is 9.40. The number of carbonyl (C=O) groups is 3. The van der Waals surface area contributed by atoms with E-state index in [1.807, 2.05) is 30.3 Å². The summed E-state index contributed by atoms with van der Waals surface area (Å²) in [5, 5.41) is 22.0. The number of benzene rings is 2. The maximum Gasteiger partial charge on any atom is 0.328 e. The fourth-order valence-electron chi connectivity index (χ4n) is 2.44. The maximum atomic E-state index is 12.3. The van der Waals surface area contributed by atoms with Crippen molar-refractivity contribution in [2.24, 2.45) is 5.92 Å². The van der Waals surface area contributed by atoms with Crippen LogP contribution in [0.5, 0.6) is 0 Å². The van der Waals surface area contributed by atoms with Gasteiger partial charge >= 0.3 is 11.9 Å². The maximum absolute atomic E-state index is 12.3. The molecule has 4 N–H and O–H groups in total. The van der Waals surface area contributed by atoms with E-state index in [2.05, 4.69) is 36.6 Å². The summed E-state index contributed by atoms with van der Waals surface area (Å²) in [7, 11) is 0. The van der Waals surface area contributed by atoms with E-state index in [1.54, 1.807) is 11.8 Å². The summed E-state index contributed by atoms with van der Waals surface area (Å²) in [5.74, 6) is -2.02. The number of hydrogen-bond donors (Lipinski definition) is 4. The summed E-state index contributed by atoms with van der Waals surface area (Å²) in [6.07, 6.45) is 2.18. The molecule has 1 aliphatic heterocycles. The Labute approximate surface area is 179 Å². The molecule has 1 heterocycles. The summed E-state index contributed by atoms with van der Waals surface area (Å²) in [4.78, 5) is 33.7. The molecule has 0 spiro atoms. The minimum Gasteiger partial charge on any atom is -0.478 e. The van der Waals surface area contributed by atoms with Crippen LogP contribution in [0.4, 0.5) is 11.4 Å². The zero-order valence-electron chi connectivity index (χ0n) is 16.7. The van der Waals surface area contributed by atoms with Crippen molar-refractivity contribution in [1.29, 1.82) is 0 Å². The summed E-state index contributed by atoms with van der Waals surface area (Å²) >= 11 is 1.73. The van der Waals surface area contributed by atoms with Crippen LogP contribution in [0, 0.1) is 5.92 Å². The van der Waals surface area contributed by atoms with Gasteiger partial charge in [0.25, 0.3) is 5.91 Å². The van der Waals surface area contributed by atoms with Gasteiger partial charge < -0.3 is 20.8 Å². The third-order valence-electron chi connectivity index (χ3n) is 4.29. The average Bonchev–Trinajstić information content (AvgIpc) is 2.74. The molecule has 3 rings (SSSR count). The molecule has 8 heteroatoms. The Morgan fingerprint density at radius 3 is 2.30 bits per heavy atom. The number of fused-ring (bicyclic) bond motifs is 2. The van der Waals surface area contributed by atoms with Crippen molar-refractivity contribution < 1.29 is 24.6 Å². The molecule has 2 aromatic rings. The van der Waals surface area contributed by atoms with Gasteiger partial charge in [-0.05, 0) is 36.2 Å². The van der Waals surface area contributed by atoms with Crippen LogP contribution >= 0.6 is 11.8 Å². The Bertz CT molecular complexity index is 942. The van der Waals surface area contributed by atoms with E-state index in [1.165, 1.54) is 4.90 Å². The van der Waals surface area contributed by atoms with Crippen molar-refractivity contribution in [3.05, 3.63) is 60.2 Å². The zero-order valence-corrected chi connectivity index (χ0v) is 17.5. The van der Waals surface area contributed by atoms with Gasteiger partial charge in [0.2, 0.25) is 0 Å². The quantitative estimate of drug-likeness (QED) is 0.431. The predicted molar refractivity (Wildman–Crippen MR) is 116 cm³/mol. The fourth-order valence-corrected chi connectivity index (χ4v) is 3.40. The van der Waals surface area contributed by atoms with Crippen LogP contribution in [-0.2, 0) is 9.59 Å². The predicted octanol–water partition coefficient (Wildman–Crippen LogP) is 4.38. The number of carboxylic acids is 2. The SMILES string of the molecule is CCC(C)CNC(=O)c1ccc2c(c1)Nc1ccccc1S2.O=C(O)/C=C/C(=O)O. The number of anilines is 2. The van der Waals surface area contributed by atoms with E-state index < -0.39 is 11.9 Å². The standard InChI is InChI=1S/C18H20N2OS.C4H4O4/c1-3-12(2)11-19-18(21)13-8-9-17-15(10-13)20-14-6-4-5-7-16(14)22-17;5-3(6)1-2-4(7)8/h4-10,12,20H,3,11H2,1-2H3,(H,19,21);1-2H,(H,5,6)(H,7,8)/b;2-1+. The van der Waals surface area contributed by atoms with E-state index in [4.69, 9.17) is 10.2 Å². The second-order valence-electron chi connectivity index (χ2n) is 6.67. The van der Waals surface area contributed by atoms with E-state index >= 15 is 0 Å². The number of carboxylic acid groups (broad SMARTS) is 2. The molecule has 158 valence electrons. The number of nitrogens with one attached hydrogen (secondary N) is 2. The lowest BCUT2D eigenvalue weighted by Gasteiger charge is -2.21. The van der Waals surface area contributed by atoms with Gasteiger partial charge in [-0.15, -0.1) is 0 Å². The van der Waals surface area contributed by atoms with E-state index in [9.17, 15) is 14.4 Å². The Morgan fingerprint density at radius 1 is 1.03 bits per heavy atom. The van der Waals surface area contributed by atoms with Crippen molar-refractivity contribution >= 4 is 41.0 Å². The number of rotatable bonds is 6. The van der Waals surface area contributed by atoms with Gasteiger partial charge in [0.1, 0.15) is 0 Å². The highest BCUT2D eigenvalue weighted by Crippen LogP contribution is 2.44. The lowest BCUT2D eigenvalue weighted by Crippen LogP contribution is -2.28. The zero-order chi connectivity index (χ0) is 22.1. The highest BCUT2D eigenvalue weighted by Gasteiger charge is 2.17. The van der Waals surface area contributed by atoms with Gasteiger partial charge in [-0.2, -0.15) is 0 Å². The van der Waals surface area contributed by atoms with Crippen LogP contribution in [-0.4, -0.2) is 34.6 Å². The van der Waals surface area contributed by atoms with Crippen molar-refractivity contribution in [2.75, 3.05) is 11.9 Å². The molecule has 0 fully saturated rings. The van der Waals surface area contributed by atoms with Gasteiger partial charge in [0.15, 0.2) is 0 Å². The highest BCUT2D eigenvalue weighted by molar-refractivity contribution is 7.99. The number of amides is 1. The molecule has 0 aliphatic carbocycles. The first-order valence-corrected chi connectivity index (χ1v) is 10.2. The smallest absolute Gasteiger partial charge is 0.328 e. The summed E-state index contributed by atoms with van der Waals surface area (Å²) < 4.78 is 0. The molecule has 0 saturated heterocycles. The van der Waals surface area contributed by atoms with E-state index in [-0.39, 0.29) is 5.91 Å². The van der Waals surface area contributed by atoms with Crippen LogP contribution in [0.3, 0.4) is 0 Å². The van der Waals surface area contributed by atoms with Crippen LogP contribution in [0.2, 0.25) is 0 Å². The molecule has 30 heavy (non-hydrogen) atoms. The Kier molecular flexibility index (Phi) is 8.49. The minimum atomic E-state index is -1.26. The summed E-state index contributed by atoms with van der Waals surface area (Å²) in [6.45, 7) is 4.99. The highest BCUT2D eigenvalue weighted by atomic mass is 32.2. The van der Waals surface area contributed by atoms with Crippen LogP contribution in [0.15, 0.2) is 64.4 Å². The molecular weight excluding hydrogens is 404 g/mol.